The molecule has 4 rings (SSSR count). The Kier molecular flexibility index (Phi) is 4.43. The number of sulfonamides is 1. The maximum atomic E-state index is 12.7. The fraction of sp³-hybridized carbons (Fsp3) is 0.0952. The molecule has 7 nitrogen and oxygen atoms in total. The van der Waals surface area contributed by atoms with Crippen LogP contribution in [0, 0.1) is 6.92 Å². The van der Waals surface area contributed by atoms with Gasteiger partial charge in [-0.2, -0.15) is 18.4 Å². The lowest BCUT2D eigenvalue weighted by Crippen LogP contribution is -2.19. The molecule has 0 amide bonds. The van der Waals surface area contributed by atoms with E-state index >= 15 is 0 Å². The first kappa shape index (κ1) is 18.8. The molecule has 0 unspecified atom stereocenters. The fourth-order valence-electron chi connectivity index (χ4n) is 3.01. The summed E-state index contributed by atoms with van der Waals surface area (Å²) in [5.74, 6) is -0.650. The van der Waals surface area contributed by atoms with Gasteiger partial charge in [-0.3, -0.25) is 9.59 Å². The molecule has 1 N–H and O–H groups in total. The lowest BCUT2D eigenvalue weighted by atomic mass is 9.88. The van der Waals surface area contributed by atoms with Gasteiger partial charge in [-0.15, -0.1) is 0 Å². The monoisotopic (exact) mass is 408 g/mol. The zero-order valence-electron chi connectivity index (χ0n) is 15.6. The van der Waals surface area contributed by atoms with Gasteiger partial charge in [0.15, 0.2) is 17.3 Å². The number of fused-ring (bicyclic) bond motifs is 2. The summed E-state index contributed by atoms with van der Waals surface area (Å²) in [7, 11) is -3.86. The highest BCUT2D eigenvalue weighted by atomic mass is 32.2. The number of carbonyl (C=O) groups excluding carboxylic acids is 2. The minimum Gasteiger partial charge on any atom is -0.450 e. The molecule has 2 aromatic carbocycles. The Hall–Kier alpha value is -3.52. The molecule has 0 atom stereocenters. The molecule has 0 aliphatic heterocycles. The van der Waals surface area contributed by atoms with E-state index < -0.39 is 15.8 Å². The van der Waals surface area contributed by atoms with Crippen LogP contribution in [-0.2, 0) is 10.0 Å². The zero-order valence-corrected chi connectivity index (χ0v) is 16.4. The highest BCUT2D eigenvalue weighted by molar-refractivity contribution is 7.89. The van der Waals surface area contributed by atoms with E-state index in [-0.39, 0.29) is 39.0 Å². The third kappa shape index (κ3) is 3.27. The number of aryl methyl sites for hydroxylation is 1. The molecule has 29 heavy (non-hydrogen) atoms. The van der Waals surface area contributed by atoms with E-state index in [0.29, 0.717) is 5.56 Å². The summed E-state index contributed by atoms with van der Waals surface area (Å²) in [5.41, 5.74) is 1.84. The molecule has 0 spiro atoms. The van der Waals surface area contributed by atoms with Crippen molar-refractivity contribution in [3.63, 3.8) is 0 Å². The van der Waals surface area contributed by atoms with Gasteiger partial charge in [0.25, 0.3) is 10.0 Å². The standard InChI is InChI=1S/C21H16N2O5S/c1-12-7-9-14(10-8-12)29(26,27)23-22-13(2)18-11-17-19(24)15-5-3-4-6-16(15)20(25)21(17)28-18/h3-11,23H,1-2H3/b22-13+. The van der Waals surface area contributed by atoms with E-state index in [4.69, 9.17) is 4.42 Å². The second-order valence-electron chi connectivity index (χ2n) is 6.66. The number of nitrogens with zero attached hydrogens (tertiary/aromatic N) is 1. The Labute approximate surface area is 167 Å². The molecule has 3 aromatic rings. The molecular weight excluding hydrogens is 392 g/mol. The van der Waals surface area contributed by atoms with Gasteiger partial charge in [0.05, 0.1) is 10.5 Å². The van der Waals surface area contributed by atoms with Crippen LogP contribution in [0.4, 0.5) is 0 Å². The minimum atomic E-state index is -3.86. The number of ketones is 2. The predicted octanol–water partition coefficient (Wildman–Crippen LogP) is 3.07. The summed E-state index contributed by atoms with van der Waals surface area (Å²) < 4.78 is 30.3. The van der Waals surface area contributed by atoms with Gasteiger partial charge >= 0.3 is 0 Å². The molecular formula is C21H16N2O5S. The van der Waals surface area contributed by atoms with Gasteiger partial charge in [0.2, 0.25) is 5.78 Å². The zero-order chi connectivity index (χ0) is 20.8. The third-order valence-electron chi connectivity index (χ3n) is 4.62. The number of hydrogen-bond donors (Lipinski definition) is 1. The van der Waals surface area contributed by atoms with Crippen LogP contribution in [0.25, 0.3) is 0 Å². The van der Waals surface area contributed by atoms with Crippen molar-refractivity contribution in [2.45, 2.75) is 18.7 Å². The third-order valence-corrected chi connectivity index (χ3v) is 5.85. The maximum Gasteiger partial charge on any atom is 0.276 e. The van der Waals surface area contributed by atoms with E-state index in [0.717, 1.165) is 5.56 Å². The van der Waals surface area contributed by atoms with Gasteiger partial charge in [-0.25, -0.2) is 0 Å². The Morgan fingerprint density at radius 2 is 1.55 bits per heavy atom. The van der Waals surface area contributed by atoms with Crippen LogP contribution >= 0.6 is 0 Å². The molecule has 0 radical (unpaired) electrons. The van der Waals surface area contributed by atoms with Crippen molar-refractivity contribution < 1.29 is 22.4 Å². The Bertz CT molecular complexity index is 1230. The van der Waals surface area contributed by atoms with Crippen LogP contribution in [0.15, 0.2) is 69.0 Å². The smallest absolute Gasteiger partial charge is 0.276 e. The molecule has 0 bridgehead atoms. The van der Waals surface area contributed by atoms with Crippen LogP contribution in [-0.4, -0.2) is 25.7 Å². The Morgan fingerprint density at radius 1 is 0.931 bits per heavy atom. The van der Waals surface area contributed by atoms with Gasteiger partial charge in [0.1, 0.15) is 5.71 Å². The first-order chi connectivity index (χ1) is 13.8. The van der Waals surface area contributed by atoms with E-state index in [1.165, 1.54) is 25.1 Å². The van der Waals surface area contributed by atoms with Crippen molar-refractivity contribution in [1.29, 1.82) is 0 Å². The van der Waals surface area contributed by atoms with Gasteiger partial charge < -0.3 is 4.42 Å². The predicted molar refractivity (Wildman–Crippen MR) is 106 cm³/mol. The van der Waals surface area contributed by atoms with E-state index in [9.17, 15) is 18.0 Å². The summed E-state index contributed by atoms with van der Waals surface area (Å²) in [4.78, 5) is 27.5. The number of nitrogens with one attached hydrogen (secondary N) is 1. The van der Waals surface area contributed by atoms with Crippen molar-refractivity contribution in [2.24, 2.45) is 5.10 Å². The van der Waals surface area contributed by atoms with E-state index in [2.05, 4.69) is 9.93 Å². The molecule has 1 aromatic heterocycles. The topological polar surface area (TPSA) is 106 Å². The van der Waals surface area contributed by atoms with Crippen LogP contribution in [0.1, 0.15) is 50.3 Å². The fourth-order valence-corrected chi connectivity index (χ4v) is 3.86. The molecule has 8 heteroatoms. The van der Waals surface area contributed by atoms with Gasteiger partial charge in [-0.1, -0.05) is 42.0 Å². The number of rotatable bonds is 4. The van der Waals surface area contributed by atoms with Crippen molar-refractivity contribution in [3.8, 4) is 0 Å². The molecule has 1 heterocycles. The molecule has 0 saturated heterocycles. The van der Waals surface area contributed by atoms with Crippen LogP contribution in [0.3, 0.4) is 0 Å². The highest BCUT2D eigenvalue weighted by Gasteiger charge is 2.33. The summed E-state index contributed by atoms with van der Waals surface area (Å²) in [6.45, 7) is 3.37. The second kappa shape index (κ2) is 6.82. The maximum absolute atomic E-state index is 12.7. The molecule has 1 aliphatic carbocycles. The van der Waals surface area contributed by atoms with Crippen molar-refractivity contribution in [2.75, 3.05) is 0 Å². The summed E-state index contributed by atoms with van der Waals surface area (Å²) in [5, 5.41) is 3.87. The summed E-state index contributed by atoms with van der Waals surface area (Å²) in [6.07, 6.45) is 0. The second-order valence-corrected chi connectivity index (χ2v) is 8.32. The van der Waals surface area contributed by atoms with Crippen LogP contribution in [0.2, 0.25) is 0 Å². The van der Waals surface area contributed by atoms with Gasteiger partial charge in [-0.05, 0) is 32.0 Å². The van der Waals surface area contributed by atoms with Crippen LogP contribution < -0.4 is 4.83 Å². The number of carbonyl (C=O) groups is 2. The Balaban J connectivity index is 1.64. The van der Waals surface area contributed by atoms with E-state index in [1.807, 2.05) is 6.92 Å². The van der Waals surface area contributed by atoms with Crippen LogP contribution in [0.5, 0.6) is 0 Å². The first-order valence-corrected chi connectivity index (χ1v) is 10.2. The Morgan fingerprint density at radius 3 is 2.21 bits per heavy atom. The minimum absolute atomic E-state index is 0.0687. The molecule has 0 fully saturated rings. The van der Waals surface area contributed by atoms with E-state index in [1.54, 1.807) is 36.4 Å². The normalized spacial score (nSPS) is 13.8. The summed E-state index contributed by atoms with van der Waals surface area (Å²) in [6, 6.07) is 14.2. The quantitative estimate of drug-likeness (QED) is 0.413. The highest BCUT2D eigenvalue weighted by Crippen LogP contribution is 2.29. The first-order valence-electron chi connectivity index (χ1n) is 8.73. The largest absolute Gasteiger partial charge is 0.450 e. The number of benzene rings is 2. The van der Waals surface area contributed by atoms with Crippen molar-refractivity contribution >= 4 is 27.3 Å². The van der Waals surface area contributed by atoms with Gasteiger partial charge in [0, 0.05) is 11.1 Å². The number of hydrogen-bond acceptors (Lipinski definition) is 6. The molecule has 1 aliphatic rings. The lowest BCUT2D eigenvalue weighted by molar-refractivity contribution is 0.0960. The van der Waals surface area contributed by atoms with Crippen molar-refractivity contribution in [1.82, 2.24) is 4.83 Å². The summed E-state index contributed by atoms with van der Waals surface area (Å²) >= 11 is 0. The average Bonchev–Trinajstić information content (AvgIpc) is 3.17. The number of furan rings is 1. The number of hydrazone groups is 1. The average molecular weight is 408 g/mol. The SMILES string of the molecule is C/C(=N\NS(=O)(=O)c1ccc(C)cc1)c1cc2c(o1)C(=O)c1ccccc1C2=O. The lowest BCUT2D eigenvalue weighted by Gasteiger charge is -2.11. The molecule has 146 valence electrons. The van der Waals surface area contributed by atoms with Crippen molar-refractivity contribution in [3.05, 3.63) is 88.4 Å². The molecule has 0 saturated carbocycles.